The van der Waals surface area contributed by atoms with Crippen LogP contribution in [0.5, 0.6) is 5.75 Å². The molecule has 0 bridgehead atoms. The average Bonchev–Trinajstić information content (AvgIpc) is 3.33. The maximum absolute atomic E-state index is 12.5. The van der Waals surface area contributed by atoms with Crippen molar-refractivity contribution >= 4 is 22.5 Å². The maximum atomic E-state index is 12.5. The second kappa shape index (κ2) is 6.51. The highest BCUT2D eigenvalue weighted by atomic mass is 32.2. The highest BCUT2D eigenvalue weighted by Crippen LogP contribution is 2.32. The molecule has 0 aromatic heterocycles. The lowest BCUT2D eigenvalue weighted by molar-refractivity contribution is 0.207. The fourth-order valence-corrected chi connectivity index (χ4v) is 3.87. The molecule has 2 amide bonds. The van der Waals surface area contributed by atoms with Crippen LogP contribution in [0.25, 0.3) is 0 Å². The fraction of sp³-hybridized carbons (Fsp3) is 0.588. The number of amides is 2. The smallest absolute Gasteiger partial charge is 0.322 e. The largest absolute Gasteiger partial charge is 0.491 e. The fourth-order valence-electron chi connectivity index (χ4n) is 2.64. The van der Waals surface area contributed by atoms with Gasteiger partial charge >= 0.3 is 6.03 Å². The zero-order chi connectivity index (χ0) is 16.4. The molecule has 1 aliphatic heterocycles. The molecule has 1 aromatic rings. The number of carbonyl (C=O) groups is 1. The molecule has 2 fully saturated rings. The Kier molecular flexibility index (Phi) is 4.62. The van der Waals surface area contributed by atoms with Crippen LogP contribution < -0.4 is 10.1 Å². The van der Waals surface area contributed by atoms with Gasteiger partial charge < -0.3 is 15.0 Å². The highest BCUT2D eigenvalue weighted by Gasteiger charge is 2.35. The highest BCUT2D eigenvalue weighted by molar-refractivity contribution is 7.86. The van der Waals surface area contributed by atoms with E-state index in [1.165, 1.54) is 12.8 Å². The molecule has 1 saturated heterocycles. The molecule has 1 aliphatic carbocycles. The van der Waals surface area contributed by atoms with E-state index in [2.05, 4.69) is 5.32 Å². The number of benzene rings is 1. The molecule has 0 spiro atoms. The Labute approximate surface area is 139 Å². The van der Waals surface area contributed by atoms with Crippen molar-refractivity contribution < 1.29 is 13.7 Å². The maximum Gasteiger partial charge on any atom is 0.322 e. The zero-order valence-electron chi connectivity index (χ0n) is 13.7. The summed E-state index contributed by atoms with van der Waals surface area (Å²) in [6.07, 6.45) is 2.46. The number of ether oxygens (including phenoxy) is 1. The molecular weight excluding hydrogens is 312 g/mol. The number of urea groups is 1. The Bertz CT molecular complexity index is 614. The molecule has 1 aromatic carbocycles. The number of anilines is 1. The van der Waals surface area contributed by atoms with Crippen LogP contribution in [0.2, 0.25) is 0 Å². The van der Waals surface area contributed by atoms with E-state index >= 15 is 0 Å². The van der Waals surface area contributed by atoms with Gasteiger partial charge in [-0.2, -0.15) is 0 Å². The van der Waals surface area contributed by atoms with Crippen molar-refractivity contribution in [3.05, 3.63) is 24.3 Å². The second-order valence-corrected chi connectivity index (χ2v) is 9.12. The van der Waals surface area contributed by atoms with Crippen LogP contribution in [-0.2, 0) is 10.8 Å². The van der Waals surface area contributed by atoms with Crippen LogP contribution in [-0.4, -0.2) is 45.3 Å². The number of rotatable bonds is 4. The molecule has 1 saturated carbocycles. The first kappa shape index (κ1) is 16.3. The number of para-hydroxylation sites is 2. The van der Waals surface area contributed by atoms with Crippen LogP contribution in [0.4, 0.5) is 10.5 Å². The summed E-state index contributed by atoms with van der Waals surface area (Å²) >= 11 is 0. The van der Waals surface area contributed by atoms with Crippen LogP contribution in [0, 0.1) is 5.92 Å². The molecule has 0 radical (unpaired) electrons. The lowest BCUT2D eigenvalue weighted by Crippen LogP contribution is -2.53. The molecule has 1 N–H and O–H groups in total. The standard InChI is InChI=1S/C17H24N2O3S/c1-17(2)12-19(9-10-23(17)21)16(20)18-14-5-3-4-6-15(14)22-11-13-7-8-13/h3-6,13H,7-12H2,1-2H3,(H,18,20)/t23-/m1/s1. The third kappa shape index (κ3) is 4.05. The van der Waals surface area contributed by atoms with E-state index in [1.807, 2.05) is 38.1 Å². The van der Waals surface area contributed by atoms with Crippen molar-refractivity contribution in [2.75, 3.05) is 30.8 Å². The molecule has 6 heteroatoms. The van der Waals surface area contributed by atoms with Gasteiger partial charge in [0.25, 0.3) is 0 Å². The SMILES string of the molecule is CC1(C)CN(C(=O)Nc2ccccc2OCC2CC2)CC[S@]1=O. The van der Waals surface area contributed by atoms with Gasteiger partial charge in [0, 0.05) is 29.6 Å². The zero-order valence-corrected chi connectivity index (χ0v) is 14.5. The van der Waals surface area contributed by atoms with Gasteiger partial charge in [0.1, 0.15) is 5.75 Å². The molecule has 5 nitrogen and oxygen atoms in total. The van der Waals surface area contributed by atoms with Crippen molar-refractivity contribution in [2.24, 2.45) is 5.92 Å². The van der Waals surface area contributed by atoms with Crippen molar-refractivity contribution in [2.45, 2.75) is 31.4 Å². The molecule has 126 valence electrons. The Hall–Kier alpha value is -1.56. The lowest BCUT2D eigenvalue weighted by atomic mass is 10.2. The summed E-state index contributed by atoms with van der Waals surface area (Å²) in [5.74, 6) is 1.91. The van der Waals surface area contributed by atoms with Gasteiger partial charge in [-0.1, -0.05) is 12.1 Å². The van der Waals surface area contributed by atoms with Gasteiger partial charge in [-0.05, 0) is 44.7 Å². The molecule has 1 heterocycles. The van der Waals surface area contributed by atoms with E-state index < -0.39 is 10.8 Å². The minimum Gasteiger partial charge on any atom is -0.491 e. The lowest BCUT2D eigenvalue weighted by Gasteiger charge is -2.37. The van der Waals surface area contributed by atoms with Gasteiger partial charge in [-0.15, -0.1) is 0 Å². The van der Waals surface area contributed by atoms with Crippen LogP contribution in [0.1, 0.15) is 26.7 Å². The van der Waals surface area contributed by atoms with Crippen LogP contribution in [0.3, 0.4) is 0 Å². The summed E-state index contributed by atoms with van der Waals surface area (Å²) in [6, 6.07) is 7.37. The van der Waals surface area contributed by atoms with Gasteiger partial charge in [-0.25, -0.2) is 4.79 Å². The van der Waals surface area contributed by atoms with Gasteiger partial charge in [0.05, 0.1) is 17.0 Å². The van der Waals surface area contributed by atoms with E-state index in [4.69, 9.17) is 4.74 Å². The van der Waals surface area contributed by atoms with Gasteiger partial charge in [-0.3, -0.25) is 4.21 Å². The molecular formula is C17H24N2O3S. The molecule has 2 aliphatic rings. The summed E-state index contributed by atoms with van der Waals surface area (Å²) in [4.78, 5) is 14.3. The van der Waals surface area contributed by atoms with Gasteiger partial charge in [0.2, 0.25) is 0 Å². The predicted octanol–water partition coefficient (Wildman–Crippen LogP) is 2.85. The van der Waals surface area contributed by atoms with Crippen molar-refractivity contribution in [3.8, 4) is 5.75 Å². The Morgan fingerprint density at radius 2 is 2.13 bits per heavy atom. The first-order valence-corrected chi connectivity index (χ1v) is 9.44. The van der Waals surface area contributed by atoms with E-state index in [9.17, 15) is 9.00 Å². The second-order valence-electron chi connectivity index (χ2n) is 6.91. The summed E-state index contributed by atoms with van der Waals surface area (Å²) < 4.78 is 17.4. The summed E-state index contributed by atoms with van der Waals surface area (Å²) in [7, 11) is -0.886. The minimum atomic E-state index is -0.886. The number of hydrogen-bond acceptors (Lipinski definition) is 3. The Morgan fingerprint density at radius 1 is 1.39 bits per heavy atom. The normalized spacial score (nSPS) is 23.4. The number of nitrogens with one attached hydrogen (secondary N) is 1. The number of nitrogens with zero attached hydrogens (tertiary/aromatic N) is 1. The summed E-state index contributed by atoms with van der Waals surface area (Å²) in [5.41, 5.74) is 0.697. The van der Waals surface area contributed by atoms with E-state index in [1.54, 1.807) is 4.90 Å². The van der Waals surface area contributed by atoms with Crippen molar-refractivity contribution in [3.63, 3.8) is 0 Å². The summed E-state index contributed by atoms with van der Waals surface area (Å²) in [6.45, 7) is 5.61. The number of hydrogen-bond donors (Lipinski definition) is 1. The van der Waals surface area contributed by atoms with Gasteiger partial charge in [0.15, 0.2) is 0 Å². The molecule has 1 atom stereocenters. The van der Waals surface area contributed by atoms with Crippen molar-refractivity contribution in [1.82, 2.24) is 4.90 Å². The number of carbonyl (C=O) groups excluding carboxylic acids is 1. The van der Waals surface area contributed by atoms with E-state index in [-0.39, 0.29) is 10.8 Å². The first-order valence-electron chi connectivity index (χ1n) is 8.12. The molecule has 23 heavy (non-hydrogen) atoms. The quantitative estimate of drug-likeness (QED) is 0.920. The first-order chi connectivity index (χ1) is 11.0. The molecule has 0 unspecified atom stereocenters. The third-order valence-corrected chi connectivity index (χ3v) is 6.24. The topological polar surface area (TPSA) is 58.6 Å². The average molecular weight is 336 g/mol. The van der Waals surface area contributed by atoms with Crippen LogP contribution in [0.15, 0.2) is 24.3 Å². The molecule has 3 rings (SSSR count). The Balaban J connectivity index is 1.64. The Morgan fingerprint density at radius 3 is 2.83 bits per heavy atom. The van der Waals surface area contributed by atoms with Crippen molar-refractivity contribution in [1.29, 1.82) is 0 Å². The monoisotopic (exact) mass is 336 g/mol. The van der Waals surface area contributed by atoms with Crippen LogP contribution >= 0.6 is 0 Å². The van der Waals surface area contributed by atoms with E-state index in [0.717, 1.165) is 0 Å². The third-order valence-electron chi connectivity index (χ3n) is 4.32. The van der Waals surface area contributed by atoms with E-state index in [0.29, 0.717) is 42.8 Å². The minimum absolute atomic E-state index is 0.155. The predicted molar refractivity (Wildman–Crippen MR) is 92.3 cm³/mol. The summed E-state index contributed by atoms with van der Waals surface area (Å²) in [5, 5.41) is 2.94.